The van der Waals surface area contributed by atoms with Gasteiger partial charge < -0.3 is 10.2 Å². The van der Waals surface area contributed by atoms with Crippen molar-refractivity contribution in [1.29, 1.82) is 0 Å². The van der Waals surface area contributed by atoms with E-state index in [0.717, 1.165) is 12.1 Å². The van der Waals surface area contributed by atoms with Crippen LogP contribution in [-0.2, 0) is 4.79 Å². The summed E-state index contributed by atoms with van der Waals surface area (Å²) in [5.74, 6) is -0.312. The summed E-state index contributed by atoms with van der Waals surface area (Å²) in [5.41, 5.74) is 2.08. The monoisotopic (exact) mass is 361 g/mol. The Labute approximate surface area is 156 Å². The van der Waals surface area contributed by atoms with Crippen LogP contribution >= 0.6 is 0 Å². The highest BCUT2D eigenvalue weighted by Crippen LogP contribution is 2.22. The summed E-state index contributed by atoms with van der Waals surface area (Å²) in [6, 6.07) is 12.2. The van der Waals surface area contributed by atoms with Crippen LogP contribution in [0.4, 0.5) is 5.69 Å². The van der Waals surface area contributed by atoms with E-state index in [1.165, 1.54) is 0 Å². The summed E-state index contributed by atoms with van der Waals surface area (Å²) in [5, 5.41) is 7.14. The molecule has 0 saturated carbocycles. The number of nitrogens with one attached hydrogen (secondary N) is 1. The van der Waals surface area contributed by atoms with E-state index in [0.29, 0.717) is 24.2 Å². The molecule has 3 heterocycles. The lowest BCUT2D eigenvalue weighted by atomic mass is 10.1. The summed E-state index contributed by atoms with van der Waals surface area (Å²) >= 11 is 0. The molecule has 2 aromatic heterocycles. The number of nitrogens with zero attached hydrogens (tertiary/aromatic N) is 4. The topological polar surface area (TPSA) is 80.1 Å². The second kappa shape index (κ2) is 7.41. The fraction of sp³-hybridized carbons (Fsp3) is 0.200. The van der Waals surface area contributed by atoms with Gasteiger partial charge in [-0.3, -0.25) is 14.6 Å². The maximum absolute atomic E-state index is 12.8. The quantitative estimate of drug-likeness (QED) is 0.774. The highest BCUT2D eigenvalue weighted by molar-refractivity contribution is 6.01. The van der Waals surface area contributed by atoms with E-state index in [2.05, 4.69) is 15.4 Å². The molecule has 4 rings (SSSR count). The van der Waals surface area contributed by atoms with Crippen molar-refractivity contribution < 1.29 is 9.59 Å². The highest BCUT2D eigenvalue weighted by atomic mass is 16.2. The number of pyridine rings is 1. The summed E-state index contributed by atoms with van der Waals surface area (Å²) in [7, 11) is 0. The van der Waals surface area contributed by atoms with Gasteiger partial charge in [0.15, 0.2) is 0 Å². The summed E-state index contributed by atoms with van der Waals surface area (Å²) in [4.78, 5) is 31.1. The maximum atomic E-state index is 12.8. The van der Waals surface area contributed by atoms with Crippen molar-refractivity contribution in [3.63, 3.8) is 0 Å². The molecule has 1 aliphatic rings. The minimum absolute atomic E-state index is 0.139. The Kier molecular flexibility index (Phi) is 4.65. The van der Waals surface area contributed by atoms with Crippen LogP contribution in [0.15, 0.2) is 67.3 Å². The van der Waals surface area contributed by atoms with E-state index in [1.54, 1.807) is 40.3 Å². The molecule has 1 fully saturated rings. The van der Waals surface area contributed by atoms with Crippen LogP contribution in [0.5, 0.6) is 0 Å². The average molecular weight is 361 g/mol. The molecule has 3 aromatic rings. The Hall–Kier alpha value is -3.48. The minimum atomic E-state index is -0.473. The standard InChI is InChI=1S/C20H19N5O2/c26-19(23-16-4-1-5-17(14-16)25-13-3-9-22-25)18-6-2-12-24(18)20(27)15-7-10-21-11-8-15/h1,3-5,7-11,13-14,18H,2,6,12H2,(H,23,26)/t18-/m0/s1. The third kappa shape index (κ3) is 3.57. The van der Waals surface area contributed by atoms with E-state index in [-0.39, 0.29) is 11.8 Å². The van der Waals surface area contributed by atoms with Crippen molar-refractivity contribution in [2.24, 2.45) is 0 Å². The molecule has 136 valence electrons. The van der Waals surface area contributed by atoms with Crippen molar-refractivity contribution >= 4 is 17.5 Å². The van der Waals surface area contributed by atoms with Gasteiger partial charge in [0.05, 0.1) is 5.69 Å². The van der Waals surface area contributed by atoms with Crippen molar-refractivity contribution in [2.45, 2.75) is 18.9 Å². The molecule has 27 heavy (non-hydrogen) atoms. The van der Waals surface area contributed by atoms with Gasteiger partial charge in [0.25, 0.3) is 5.91 Å². The first kappa shape index (κ1) is 17.0. The highest BCUT2D eigenvalue weighted by Gasteiger charge is 2.34. The van der Waals surface area contributed by atoms with Gasteiger partial charge >= 0.3 is 0 Å². The van der Waals surface area contributed by atoms with Crippen LogP contribution in [0.3, 0.4) is 0 Å². The summed E-state index contributed by atoms with van der Waals surface area (Å²) in [6.45, 7) is 0.576. The molecule has 0 unspecified atom stereocenters. The SMILES string of the molecule is O=C(Nc1cccc(-n2cccn2)c1)[C@@H]1CCCN1C(=O)c1ccncc1. The van der Waals surface area contributed by atoms with E-state index < -0.39 is 6.04 Å². The number of amides is 2. The number of benzene rings is 1. The number of rotatable bonds is 4. The predicted octanol–water partition coefficient (Wildman–Crippen LogP) is 2.51. The van der Waals surface area contributed by atoms with Crippen LogP contribution in [0.1, 0.15) is 23.2 Å². The van der Waals surface area contributed by atoms with Gasteiger partial charge in [0.2, 0.25) is 5.91 Å². The largest absolute Gasteiger partial charge is 0.327 e. The van der Waals surface area contributed by atoms with Gasteiger partial charge in [-0.15, -0.1) is 0 Å². The zero-order valence-electron chi connectivity index (χ0n) is 14.7. The molecule has 1 N–H and O–H groups in total. The lowest BCUT2D eigenvalue weighted by molar-refractivity contribution is -0.119. The molecule has 0 aliphatic carbocycles. The zero-order chi connectivity index (χ0) is 18.6. The molecule has 2 amide bonds. The molecule has 0 bridgehead atoms. The van der Waals surface area contributed by atoms with Crippen LogP contribution in [0.2, 0.25) is 0 Å². The number of anilines is 1. The molecule has 1 atom stereocenters. The minimum Gasteiger partial charge on any atom is -0.327 e. The fourth-order valence-corrected chi connectivity index (χ4v) is 3.32. The summed E-state index contributed by atoms with van der Waals surface area (Å²) in [6.07, 6.45) is 8.17. The van der Waals surface area contributed by atoms with Crippen LogP contribution in [0.25, 0.3) is 5.69 Å². The van der Waals surface area contributed by atoms with Gasteiger partial charge in [0, 0.05) is 42.6 Å². The fourth-order valence-electron chi connectivity index (χ4n) is 3.32. The van der Waals surface area contributed by atoms with Gasteiger partial charge in [0.1, 0.15) is 6.04 Å². The van der Waals surface area contributed by atoms with Crippen molar-refractivity contribution in [2.75, 3.05) is 11.9 Å². The third-order valence-electron chi connectivity index (χ3n) is 4.63. The molecule has 1 aliphatic heterocycles. The first-order valence-corrected chi connectivity index (χ1v) is 8.84. The molecule has 1 saturated heterocycles. The van der Waals surface area contributed by atoms with E-state index in [1.807, 2.05) is 36.5 Å². The average Bonchev–Trinajstić information content (AvgIpc) is 3.40. The lowest BCUT2D eigenvalue weighted by Crippen LogP contribution is -2.43. The Balaban J connectivity index is 1.49. The molecular weight excluding hydrogens is 342 g/mol. The van der Waals surface area contributed by atoms with Crippen molar-refractivity contribution in [1.82, 2.24) is 19.7 Å². The number of likely N-dealkylation sites (tertiary alicyclic amines) is 1. The lowest BCUT2D eigenvalue weighted by Gasteiger charge is -2.24. The Morgan fingerprint density at radius 1 is 1.07 bits per heavy atom. The van der Waals surface area contributed by atoms with Crippen molar-refractivity contribution in [3.05, 3.63) is 72.8 Å². The molecule has 1 aromatic carbocycles. The predicted molar refractivity (Wildman–Crippen MR) is 100 cm³/mol. The number of aromatic nitrogens is 3. The molecule has 0 radical (unpaired) electrons. The van der Waals surface area contributed by atoms with Gasteiger partial charge in [-0.2, -0.15) is 5.10 Å². The summed E-state index contributed by atoms with van der Waals surface area (Å²) < 4.78 is 1.73. The van der Waals surface area contributed by atoms with Crippen molar-refractivity contribution in [3.8, 4) is 5.69 Å². The molecule has 0 spiro atoms. The Bertz CT molecular complexity index is 940. The smallest absolute Gasteiger partial charge is 0.254 e. The van der Waals surface area contributed by atoms with Crippen LogP contribution < -0.4 is 5.32 Å². The maximum Gasteiger partial charge on any atom is 0.254 e. The van der Waals surface area contributed by atoms with Gasteiger partial charge in [-0.25, -0.2) is 4.68 Å². The first-order chi connectivity index (χ1) is 13.2. The zero-order valence-corrected chi connectivity index (χ0v) is 14.7. The van der Waals surface area contributed by atoms with Gasteiger partial charge in [-0.1, -0.05) is 6.07 Å². The Morgan fingerprint density at radius 2 is 1.93 bits per heavy atom. The molecule has 7 heteroatoms. The third-order valence-corrected chi connectivity index (χ3v) is 4.63. The van der Waals surface area contributed by atoms with Crippen LogP contribution in [-0.4, -0.2) is 44.1 Å². The second-order valence-corrected chi connectivity index (χ2v) is 6.38. The second-order valence-electron chi connectivity index (χ2n) is 6.38. The Morgan fingerprint density at radius 3 is 2.70 bits per heavy atom. The number of hydrogen-bond donors (Lipinski definition) is 1. The number of hydrogen-bond acceptors (Lipinski definition) is 4. The normalized spacial score (nSPS) is 16.3. The van der Waals surface area contributed by atoms with Gasteiger partial charge in [-0.05, 0) is 49.2 Å². The number of carbonyl (C=O) groups is 2. The number of carbonyl (C=O) groups excluding carboxylic acids is 2. The van der Waals surface area contributed by atoms with E-state index in [4.69, 9.17) is 0 Å². The molecule has 7 nitrogen and oxygen atoms in total. The van der Waals surface area contributed by atoms with E-state index >= 15 is 0 Å². The van der Waals surface area contributed by atoms with E-state index in [9.17, 15) is 9.59 Å². The van der Waals surface area contributed by atoms with Crippen LogP contribution in [0, 0.1) is 0 Å². The molecular formula is C20H19N5O2. The first-order valence-electron chi connectivity index (χ1n) is 8.84.